The minimum absolute atomic E-state index is 0. The molecule has 1 fully saturated rings. The number of ether oxygens (including phenoxy) is 2. The zero-order valence-corrected chi connectivity index (χ0v) is 20.6. The lowest BCUT2D eigenvalue weighted by atomic mass is 9.74. The van der Waals surface area contributed by atoms with Crippen molar-refractivity contribution >= 4 is 24.2 Å². The highest BCUT2D eigenvalue weighted by atomic mass is 35.5. The van der Waals surface area contributed by atoms with Crippen LogP contribution >= 0.6 is 12.4 Å². The third-order valence-corrected chi connectivity index (χ3v) is 6.58. The number of rotatable bonds is 7. The number of benzene rings is 2. The molecule has 2 aromatic carbocycles. The van der Waals surface area contributed by atoms with Gasteiger partial charge in [-0.2, -0.15) is 0 Å². The van der Waals surface area contributed by atoms with Crippen LogP contribution in [0.5, 0.6) is 5.75 Å². The minimum Gasteiger partial charge on any atom is -0.492 e. The van der Waals surface area contributed by atoms with E-state index in [1.54, 1.807) is 13.8 Å². The smallest absolute Gasteiger partial charge is 0.247 e. The third kappa shape index (κ3) is 5.71. The number of carbonyl (C=O) groups is 2. The quantitative estimate of drug-likeness (QED) is 0.626. The van der Waals surface area contributed by atoms with Gasteiger partial charge in [0.2, 0.25) is 11.8 Å². The average molecular weight is 488 g/mol. The molecule has 0 aromatic heterocycles. The standard InChI is InChI=1S/C26H33N3O4.ClH/c1-25(2,27)24(31)28-21(17-32-16-19-8-4-3-5-9-19)23(30)29-14-12-26(13-15-29)18-33-22-11-7-6-10-20(22)26;/h3-11,21H,12-18,27H2,1-2H3,(H,28,31);1H/t21-;/m1./s1. The fourth-order valence-corrected chi connectivity index (χ4v) is 4.50. The van der Waals surface area contributed by atoms with Crippen LogP contribution in [-0.2, 0) is 26.3 Å². The Morgan fingerprint density at radius 1 is 1.12 bits per heavy atom. The van der Waals surface area contributed by atoms with Gasteiger partial charge in [-0.3, -0.25) is 9.59 Å². The number of hydrogen-bond donors (Lipinski definition) is 2. The topological polar surface area (TPSA) is 93.9 Å². The van der Waals surface area contributed by atoms with Gasteiger partial charge in [-0.05, 0) is 38.3 Å². The van der Waals surface area contributed by atoms with Crippen molar-refractivity contribution in [1.82, 2.24) is 10.2 Å². The highest BCUT2D eigenvalue weighted by molar-refractivity contribution is 5.91. The van der Waals surface area contributed by atoms with E-state index in [9.17, 15) is 9.59 Å². The number of hydrogen-bond acceptors (Lipinski definition) is 5. The van der Waals surface area contributed by atoms with Crippen molar-refractivity contribution in [3.8, 4) is 5.75 Å². The van der Waals surface area contributed by atoms with Crippen LogP contribution < -0.4 is 15.8 Å². The summed E-state index contributed by atoms with van der Waals surface area (Å²) < 4.78 is 11.7. The second kappa shape index (κ2) is 10.8. The normalized spacial score (nSPS) is 17.3. The van der Waals surface area contributed by atoms with Crippen molar-refractivity contribution in [3.05, 3.63) is 65.7 Å². The van der Waals surface area contributed by atoms with E-state index in [-0.39, 0.29) is 36.2 Å². The first kappa shape index (κ1) is 26.0. The molecule has 34 heavy (non-hydrogen) atoms. The Kier molecular flexibility index (Phi) is 8.23. The maximum atomic E-state index is 13.4. The van der Waals surface area contributed by atoms with Crippen molar-refractivity contribution in [2.24, 2.45) is 5.73 Å². The molecule has 3 N–H and O–H groups in total. The SMILES string of the molecule is CC(C)(N)C(=O)N[C@H](COCc1ccccc1)C(=O)N1CCC2(CC1)COc1ccccc12.Cl. The summed E-state index contributed by atoms with van der Waals surface area (Å²) in [6.07, 6.45) is 1.65. The van der Waals surface area contributed by atoms with Crippen molar-refractivity contribution in [1.29, 1.82) is 0 Å². The Bertz CT molecular complexity index is 985. The second-order valence-corrected chi connectivity index (χ2v) is 9.64. The molecule has 2 aliphatic rings. The molecule has 184 valence electrons. The lowest BCUT2D eigenvalue weighted by Gasteiger charge is -2.40. The van der Waals surface area contributed by atoms with Crippen LogP contribution in [-0.4, -0.2) is 54.6 Å². The summed E-state index contributed by atoms with van der Waals surface area (Å²) >= 11 is 0. The first-order chi connectivity index (χ1) is 15.8. The largest absolute Gasteiger partial charge is 0.492 e. The van der Waals surface area contributed by atoms with Gasteiger partial charge in [0.25, 0.3) is 0 Å². The molecular weight excluding hydrogens is 454 g/mol. The molecule has 2 amide bonds. The lowest BCUT2D eigenvalue weighted by Crippen LogP contribution is -2.59. The predicted octanol–water partition coefficient (Wildman–Crippen LogP) is 2.80. The number of piperidine rings is 1. The number of nitrogens with one attached hydrogen (secondary N) is 1. The summed E-state index contributed by atoms with van der Waals surface area (Å²) in [5.74, 6) is 0.431. The fraction of sp³-hybridized carbons (Fsp3) is 0.462. The molecule has 1 atom stereocenters. The van der Waals surface area contributed by atoms with E-state index in [0.717, 1.165) is 24.2 Å². The Labute approximate surface area is 207 Å². The molecule has 4 rings (SSSR count). The Morgan fingerprint density at radius 3 is 2.44 bits per heavy atom. The summed E-state index contributed by atoms with van der Waals surface area (Å²) in [6, 6.07) is 17.1. The molecule has 7 nitrogen and oxygen atoms in total. The zero-order chi connectivity index (χ0) is 23.5. The molecule has 0 aliphatic carbocycles. The molecule has 2 aromatic rings. The van der Waals surface area contributed by atoms with Crippen LogP contribution in [0.4, 0.5) is 0 Å². The Morgan fingerprint density at radius 2 is 1.76 bits per heavy atom. The predicted molar refractivity (Wildman–Crippen MR) is 133 cm³/mol. The number of amides is 2. The highest BCUT2D eigenvalue weighted by Crippen LogP contribution is 2.45. The molecule has 0 unspecified atom stereocenters. The van der Waals surface area contributed by atoms with Gasteiger partial charge in [-0.25, -0.2) is 0 Å². The Hall–Kier alpha value is -2.61. The van der Waals surface area contributed by atoms with E-state index in [4.69, 9.17) is 15.2 Å². The van der Waals surface area contributed by atoms with Crippen molar-refractivity contribution < 1.29 is 19.1 Å². The van der Waals surface area contributed by atoms with Crippen LogP contribution in [0.1, 0.15) is 37.8 Å². The van der Waals surface area contributed by atoms with E-state index in [1.807, 2.05) is 53.4 Å². The van der Waals surface area contributed by atoms with E-state index >= 15 is 0 Å². The number of likely N-dealkylation sites (tertiary alicyclic amines) is 1. The Balaban J connectivity index is 0.00000324. The third-order valence-electron chi connectivity index (χ3n) is 6.58. The number of fused-ring (bicyclic) bond motifs is 2. The summed E-state index contributed by atoms with van der Waals surface area (Å²) in [5, 5.41) is 2.81. The summed E-state index contributed by atoms with van der Waals surface area (Å²) in [4.78, 5) is 27.8. The summed E-state index contributed by atoms with van der Waals surface area (Å²) in [7, 11) is 0. The van der Waals surface area contributed by atoms with E-state index in [2.05, 4.69) is 11.4 Å². The first-order valence-corrected chi connectivity index (χ1v) is 11.5. The van der Waals surface area contributed by atoms with E-state index < -0.39 is 11.6 Å². The molecule has 8 heteroatoms. The number of nitrogens with zero attached hydrogens (tertiary/aromatic N) is 1. The number of para-hydroxylation sites is 1. The second-order valence-electron chi connectivity index (χ2n) is 9.64. The first-order valence-electron chi connectivity index (χ1n) is 11.5. The average Bonchev–Trinajstić information content (AvgIpc) is 3.16. The van der Waals surface area contributed by atoms with Gasteiger partial charge in [0, 0.05) is 24.1 Å². The number of halogens is 1. The number of carbonyl (C=O) groups excluding carboxylic acids is 2. The molecule has 1 spiro atoms. The van der Waals surface area contributed by atoms with Gasteiger partial charge in [0.15, 0.2) is 0 Å². The van der Waals surface area contributed by atoms with Gasteiger partial charge in [0.1, 0.15) is 11.8 Å². The van der Waals surface area contributed by atoms with Gasteiger partial charge in [-0.1, -0.05) is 48.5 Å². The maximum absolute atomic E-state index is 13.4. The van der Waals surface area contributed by atoms with Crippen molar-refractivity contribution in [2.75, 3.05) is 26.3 Å². The highest BCUT2D eigenvalue weighted by Gasteiger charge is 2.44. The van der Waals surface area contributed by atoms with Gasteiger partial charge >= 0.3 is 0 Å². The van der Waals surface area contributed by atoms with Crippen LogP contribution in [0.25, 0.3) is 0 Å². The molecule has 2 aliphatic heterocycles. The summed E-state index contributed by atoms with van der Waals surface area (Å²) in [5.41, 5.74) is 7.07. The van der Waals surface area contributed by atoms with Crippen LogP contribution in [0.2, 0.25) is 0 Å². The van der Waals surface area contributed by atoms with Crippen LogP contribution in [0.15, 0.2) is 54.6 Å². The molecule has 2 heterocycles. The molecule has 1 saturated heterocycles. The number of nitrogens with two attached hydrogens (primary N) is 1. The lowest BCUT2D eigenvalue weighted by molar-refractivity contribution is -0.140. The fourth-order valence-electron chi connectivity index (χ4n) is 4.50. The molecule has 0 bridgehead atoms. The van der Waals surface area contributed by atoms with Gasteiger partial charge < -0.3 is 25.4 Å². The molecule has 0 saturated carbocycles. The van der Waals surface area contributed by atoms with Crippen LogP contribution in [0, 0.1) is 0 Å². The molecular formula is C26H34ClN3O4. The minimum atomic E-state index is -1.09. The van der Waals surface area contributed by atoms with Crippen LogP contribution in [0.3, 0.4) is 0 Å². The maximum Gasteiger partial charge on any atom is 0.247 e. The van der Waals surface area contributed by atoms with Crippen molar-refractivity contribution in [2.45, 2.75) is 50.3 Å². The van der Waals surface area contributed by atoms with Gasteiger partial charge in [0.05, 0.1) is 25.4 Å². The van der Waals surface area contributed by atoms with Gasteiger partial charge in [-0.15, -0.1) is 12.4 Å². The molecule has 0 radical (unpaired) electrons. The monoisotopic (exact) mass is 487 g/mol. The van der Waals surface area contributed by atoms with Crippen molar-refractivity contribution in [3.63, 3.8) is 0 Å². The van der Waals surface area contributed by atoms with E-state index in [1.165, 1.54) is 5.56 Å². The summed E-state index contributed by atoms with van der Waals surface area (Å²) in [6.45, 7) is 5.55. The zero-order valence-electron chi connectivity index (χ0n) is 19.8. The van der Waals surface area contributed by atoms with E-state index in [0.29, 0.717) is 26.3 Å².